The smallest absolute Gasteiger partial charge is 0.416 e. The number of aromatic nitrogens is 2. The van der Waals surface area contributed by atoms with Gasteiger partial charge in [-0.15, -0.1) is 0 Å². The largest absolute Gasteiger partial charge is 0.493 e. The summed E-state index contributed by atoms with van der Waals surface area (Å²) < 4.78 is 55.5. The van der Waals surface area contributed by atoms with Crippen molar-refractivity contribution in [3.63, 3.8) is 0 Å². The maximum absolute atomic E-state index is 13.0. The molecule has 174 valence electrons. The van der Waals surface area contributed by atoms with Gasteiger partial charge in [-0.2, -0.15) is 18.3 Å². The molecule has 0 radical (unpaired) electrons. The van der Waals surface area contributed by atoms with Gasteiger partial charge in [-0.3, -0.25) is 4.79 Å². The molecular weight excluding hydrogens is 443 g/mol. The molecule has 0 saturated carbocycles. The fourth-order valence-corrected chi connectivity index (χ4v) is 2.82. The number of nitrogens with zero attached hydrogens (tertiary/aromatic N) is 2. The number of rotatable bonds is 8. The number of amides is 1. The third-order valence-corrected chi connectivity index (χ3v) is 4.31. The first-order valence-corrected chi connectivity index (χ1v) is 9.72. The Kier molecular flexibility index (Phi) is 7.21. The van der Waals surface area contributed by atoms with Crippen molar-refractivity contribution in [2.75, 3.05) is 25.6 Å². The number of carbonyl (C=O) groups excluding carboxylic acids is 2. The molecule has 1 aromatic heterocycles. The predicted octanol–water partition coefficient (Wildman–Crippen LogP) is 4.09. The van der Waals surface area contributed by atoms with Crippen LogP contribution in [0.3, 0.4) is 0 Å². The van der Waals surface area contributed by atoms with Crippen LogP contribution in [0, 0.1) is 0 Å². The molecule has 0 bridgehead atoms. The third kappa shape index (κ3) is 6.03. The second-order valence-electron chi connectivity index (χ2n) is 6.61. The van der Waals surface area contributed by atoms with Gasteiger partial charge >= 0.3 is 12.1 Å². The highest BCUT2D eigenvalue weighted by Crippen LogP contribution is 2.31. The van der Waals surface area contributed by atoms with E-state index >= 15 is 0 Å². The number of alkyl halides is 3. The maximum Gasteiger partial charge on any atom is 0.416 e. The molecule has 3 aromatic rings. The minimum absolute atomic E-state index is 0.0691. The van der Waals surface area contributed by atoms with E-state index in [1.807, 2.05) is 0 Å². The molecule has 11 heteroatoms. The summed E-state index contributed by atoms with van der Waals surface area (Å²) in [4.78, 5) is 24.2. The van der Waals surface area contributed by atoms with Gasteiger partial charge in [0.2, 0.25) is 0 Å². The summed E-state index contributed by atoms with van der Waals surface area (Å²) in [5.74, 6) is -0.793. The van der Waals surface area contributed by atoms with E-state index < -0.39 is 23.6 Å². The minimum Gasteiger partial charge on any atom is -0.493 e. The second kappa shape index (κ2) is 10.1. The summed E-state index contributed by atoms with van der Waals surface area (Å²) >= 11 is 0. The number of ether oxygens (including phenoxy) is 3. The Hall–Kier alpha value is -4.02. The standard InChI is InChI=1S/C22H20F3N3O5/c1-3-32-19(29)13-33-17-9-5-7-15(11-17)26-21(30)20-18(31-2)12-28(27-20)16-8-4-6-14(10-16)22(23,24)25/h4-12H,3,13H2,1-2H3,(H,26,30). The number of hydrogen-bond donors (Lipinski definition) is 1. The summed E-state index contributed by atoms with van der Waals surface area (Å²) in [5.41, 5.74) is -0.526. The number of methoxy groups -OCH3 is 1. The highest BCUT2D eigenvalue weighted by atomic mass is 19.4. The van der Waals surface area contributed by atoms with Crippen LogP contribution in [-0.4, -0.2) is 42.0 Å². The molecule has 0 aliphatic heterocycles. The van der Waals surface area contributed by atoms with Gasteiger partial charge < -0.3 is 19.5 Å². The van der Waals surface area contributed by atoms with Gasteiger partial charge in [-0.1, -0.05) is 12.1 Å². The quantitative estimate of drug-likeness (QED) is 0.506. The second-order valence-corrected chi connectivity index (χ2v) is 6.61. The molecule has 1 heterocycles. The average molecular weight is 463 g/mol. The van der Waals surface area contributed by atoms with Crippen molar-refractivity contribution in [3.05, 3.63) is 66.0 Å². The van der Waals surface area contributed by atoms with Crippen LogP contribution in [0.15, 0.2) is 54.7 Å². The Morgan fingerprint density at radius 2 is 1.88 bits per heavy atom. The van der Waals surface area contributed by atoms with Gasteiger partial charge in [0.25, 0.3) is 5.91 Å². The van der Waals surface area contributed by atoms with Crippen LogP contribution in [0.1, 0.15) is 23.0 Å². The van der Waals surface area contributed by atoms with Gasteiger partial charge in [-0.25, -0.2) is 9.48 Å². The van der Waals surface area contributed by atoms with E-state index in [0.29, 0.717) is 11.4 Å². The molecule has 1 amide bonds. The number of carbonyl (C=O) groups is 2. The molecule has 8 nitrogen and oxygen atoms in total. The maximum atomic E-state index is 13.0. The third-order valence-electron chi connectivity index (χ3n) is 4.31. The summed E-state index contributed by atoms with van der Waals surface area (Å²) in [6.45, 7) is 1.62. The van der Waals surface area contributed by atoms with E-state index in [2.05, 4.69) is 10.4 Å². The Bertz CT molecular complexity index is 1140. The highest BCUT2D eigenvalue weighted by molar-refractivity contribution is 6.04. The van der Waals surface area contributed by atoms with Crippen molar-refractivity contribution in [3.8, 4) is 17.2 Å². The van der Waals surface area contributed by atoms with Crippen molar-refractivity contribution in [1.82, 2.24) is 9.78 Å². The normalized spacial score (nSPS) is 11.1. The molecule has 33 heavy (non-hydrogen) atoms. The Morgan fingerprint density at radius 3 is 2.58 bits per heavy atom. The molecular formula is C22H20F3N3O5. The zero-order valence-corrected chi connectivity index (χ0v) is 17.7. The van der Waals surface area contributed by atoms with Gasteiger partial charge in [0.1, 0.15) is 5.75 Å². The van der Waals surface area contributed by atoms with E-state index in [0.717, 1.165) is 16.8 Å². The topological polar surface area (TPSA) is 91.7 Å². The van der Waals surface area contributed by atoms with Crippen LogP contribution in [0.25, 0.3) is 5.69 Å². The number of nitrogens with one attached hydrogen (secondary N) is 1. The van der Waals surface area contributed by atoms with Crippen LogP contribution in [0.2, 0.25) is 0 Å². The van der Waals surface area contributed by atoms with Crippen LogP contribution < -0.4 is 14.8 Å². The van der Waals surface area contributed by atoms with E-state index in [4.69, 9.17) is 14.2 Å². The van der Waals surface area contributed by atoms with E-state index in [1.165, 1.54) is 31.5 Å². The number of halogens is 3. The number of benzene rings is 2. The fraction of sp³-hybridized carbons (Fsp3) is 0.227. The molecule has 0 unspecified atom stereocenters. The molecule has 1 N–H and O–H groups in total. The molecule has 0 atom stereocenters. The van der Waals surface area contributed by atoms with Crippen molar-refractivity contribution < 1.29 is 37.0 Å². The van der Waals surface area contributed by atoms with Gasteiger partial charge in [0, 0.05) is 11.8 Å². The summed E-state index contributed by atoms with van der Waals surface area (Å²) in [7, 11) is 1.31. The molecule has 2 aromatic carbocycles. The molecule has 0 spiro atoms. The molecule has 0 saturated heterocycles. The number of hydrogen-bond acceptors (Lipinski definition) is 6. The molecule has 0 fully saturated rings. The average Bonchev–Trinajstić information content (AvgIpc) is 3.22. The predicted molar refractivity (Wildman–Crippen MR) is 112 cm³/mol. The van der Waals surface area contributed by atoms with Crippen molar-refractivity contribution in [1.29, 1.82) is 0 Å². The lowest BCUT2D eigenvalue weighted by Gasteiger charge is -2.09. The summed E-state index contributed by atoms with van der Waals surface area (Å²) in [5, 5.41) is 6.71. The zero-order valence-electron chi connectivity index (χ0n) is 17.7. The van der Waals surface area contributed by atoms with Crippen molar-refractivity contribution >= 4 is 17.6 Å². The van der Waals surface area contributed by atoms with Crippen LogP contribution in [0.5, 0.6) is 11.5 Å². The first-order valence-electron chi connectivity index (χ1n) is 9.72. The molecule has 0 aliphatic carbocycles. The van der Waals surface area contributed by atoms with Crippen molar-refractivity contribution in [2.24, 2.45) is 0 Å². The van der Waals surface area contributed by atoms with Gasteiger partial charge in [-0.05, 0) is 37.3 Å². The fourth-order valence-electron chi connectivity index (χ4n) is 2.82. The summed E-state index contributed by atoms with van der Waals surface area (Å²) in [6, 6.07) is 10.8. The van der Waals surface area contributed by atoms with Gasteiger partial charge in [0.15, 0.2) is 18.1 Å². The lowest BCUT2D eigenvalue weighted by atomic mass is 10.2. The zero-order chi connectivity index (χ0) is 24.0. The minimum atomic E-state index is -4.52. The Morgan fingerprint density at radius 1 is 1.12 bits per heavy atom. The SMILES string of the molecule is CCOC(=O)COc1cccc(NC(=O)c2nn(-c3cccc(C(F)(F)F)c3)cc2OC)c1. The Labute approximate surface area is 186 Å². The number of esters is 1. The highest BCUT2D eigenvalue weighted by Gasteiger charge is 2.30. The summed E-state index contributed by atoms with van der Waals surface area (Å²) in [6.07, 6.45) is -3.21. The lowest BCUT2D eigenvalue weighted by molar-refractivity contribution is -0.145. The monoisotopic (exact) mass is 463 g/mol. The first kappa shape index (κ1) is 23.6. The van der Waals surface area contributed by atoms with E-state index in [-0.39, 0.29) is 30.3 Å². The van der Waals surface area contributed by atoms with Crippen LogP contribution in [0.4, 0.5) is 18.9 Å². The molecule has 0 aliphatic rings. The van der Waals surface area contributed by atoms with Crippen LogP contribution >= 0.6 is 0 Å². The van der Waals surface area contributed by atoms with Crippen LogP contribution in [-0.2, 0) is 15.7 Å². The lowest BCUT2D eigenvalue weighted by Crippen LogP contribution is -2.15. The first-order chi connectivity index (χ1) is 15.7. The van der Waals surface area contributed by atoms with E-state index in [1.54, 1.807) is 25.1 Å². The van der Waals surface area contributed by atoms with Gasteiger partial charge in [0.05, 0.1) is 31.2 Å². The van der Waals surface area contributed by atoms with Crippen molar-refractivity contribution in [2.45, 2.75) is 13.1 Å². The Balaban J connectivity index is 1.78. The molecule has 3 rings (SSSR count). The number of anilines is 1. The van der Waals surface area contributed by atoms with E-state index in [9.17, 15) is 22.8 Å².